The topological polar surface area (TPSA) is 115 Å². The largest absolute Gasteiger partial charge is 0.421 e. The Morgan fingerprint density at radius 3 is 2.41 bits per heavy atom. The Kier molecular flexibility index (Phi) is 6.54. The van der Waals surface area contributed by atoms with Crippen molar-refractivity contribution in [2.75, 3.05) is 16.5 Å². The maximum Gasteiger partial charge on any atom is 0.255 e. The minimum absolute atomic E-state index is 0.229. The van der Waals surface area contributed by atoms with Crippen LogP contribution in [0.15, 0.2) is 95.9 Å². The summed E-state index contributed by atoms with van der Waals surface area (Å²) in [5, 5.41) is 2.89. The van der Waals surface area contributed by atoms with Crippen LogP contribution in [-0.2, 0) is 0 Å². The molecule has 6 N–H and O–H groups in total. The highest BCUT2D eigenvalue weighted by molar-refractivity contribution is 7.95. The molecular formula is C24H21N5O2S. The van der Waals surface area contributed by atoms with E-state index in [4.69, 9.17) is 15.8 Å². The zero-order chi connectivity index (χ0) is 22.3. The first-order chi connectivity index (χ1) is 15.6. The lowest BCUT2D eigenvalue weighted by Gasteiger charge is -2.09. The zero-order valence-corrected chi connectivity index (χ0v) is 17.8. The first-order valence-corrected chi connectivity index (χ1v) is 10.5. The molecule has 160 valence electrons. The Morgan fingerprint density at radius 1 is 0.906 bits per heavy atom. The number of nitrogen functional groups attached to an aromatic ring is 2. The Morgan fingerprint density at radius 2 is 1.69 bits per heavy atom. The second-order valence-electron chi connectivity index (χ2n) is 6.81. The number of amides is 1. The fraction of sp³-hybridized carbons (Fsp3) is 0. The van der Waals surface area contributed by atoms with E-state index in [1.165, 1.54) is 12.0 Å². The Labute approximate surface area is 190 Å². The second-order valence-corrected chi connectivity index (χ2v) is 7.62. The molecule has 0 saturated heterocycles. The van der Waals surface area contributed by atoms with Crippen molar-refractivity contribution in [3.05, 3.63) is 96.6 Å². The van der Waals surface area contributed by atoms with Gasteiger partial charge in [0.15, 0.2) is 0 Å². The lowest BCUT2D eigenvalue weighted by molar-refractivity contribution is 0.102. The van der Waals surface area contributed by atoms with Gasteiger partial charge in [0.2, 0.25) is 0 Å². The van der Waals surface area contributed by atoms with Gasteiger partial charge in [-0.05, 0) is 60.7 Å². The normalized spacial score (nSPS) is 10.4. The molecule has 1 aromatic heterocycles. The van der Waals surface area contributed by atoms with Crippen LogP contribution in [0.4, 0.5) is 17.2 Å². The second kappa shape index (κ2) is 9.86. The van der Waals surface area contributed by atoms with Crippen molar-refractivity contribution in [3.8, 4) is 17.0 Å². The van der Waals surface area contributed by atoms with Crippen molar-refractivity contribution in [2.45, 2.75) is 4.90 Å². The van der Waals surface area contributed by atoms with Crippen LogP contribution in [0.3, 0.4) is 0 Å². The van der Waals surface area contributed by atoms with E-state index in [1.807, 2.05) is 48.5 Å². The molecule has 0 aliphatic rings. The van der Waals surface area contributed by atoms with Crippen LogP contribution in [0.5, 0.6) is 5.75 Å². The molecule has 4 rings (SSSR count). The van der Waals surface area contributed by atoms with Gasteiger partial charge in [0.1, 0.15) is 11.6 Å². The molecule has 7 nitrogen and oxygen atoms in total. The van der Waals surface area contributed by atoms with Gasteiger partial charge in [-0.25, -0.2) is 4.98 Å². The first kappa shape index (κ1) is 21.2. The van der Waals surface area contributed by atoms with Crippen LogP contribution in [0.1, 0.15) is 10.4 Å². The molecule has 0 spiro atoms. The zero-order valence-electron chi connectivity index (χ0n) is 17.0. The summed E-state index contributed by atoms with van der Waals surface area (Å²) in [7, 11) is 0. The fourth-order valence-electron chi connectivity index (χ4n) is 2.95. The van der Waals surface area contributed by atoms with Crippen LogP contribution < -0.4 is 26.5 Å². The van der Waals surface area contributed by atoms with Gasteiger partial charge in [-0.15, -0.1) is 0 Å². The summed E-state index contributed by atoms with van der Waals surface area (Å²) in [4.78, 5) is 18.1. The van der Waals surface area contributed by atoms with E-state index < -0.39 is 0 Å². The molecule has 4 aromatic rings. The van der Waals surface area contributed by atoms with E-state index in [0.29, 0.717) is 28.4 Å². The Bertz CT molecular complexity index is 1220. The highest BCUT2D eigenvalue weighted by Crippen LogP contribution is 2.26. The minimum Gasteiger partial charge on any atom is -0.421 e. The number of nitrogens with one attached hydrogen (secondary N) is 2. The van der Waals surface area contributed by atoms with Crippen molar-refractivity contribution in [1.29, 1.82) is 0 Å². The van der Waals surface area contributed by atoms with E-state index in [9.17, 15) is 4.79 Å². The molecule has 1 heterocycles. The van der Waals surface area contributed by atoms with E-state index in [0.717, 1.165) is 10.5 Å². The monoisotopic (exact) mass is 443 g/mol. The minimum atomic E-state index is -0.229. The number of pyridine rings is 1. The maximum atomic E-state index is 12.7. The number of carbonyl (C=O) groups is 1. The van der Waals surface area contributed by atoms with Crippen LogP contribution in [0.25, 0.3) is 11.3 Å². The van der Waals surface area contributed by atoms with Crippen LogP contribution in [0.2, 0.25) is 0 Å². The summed E-state index contributed by atoms with van der Waals surface area (Å²) in [6.45, 7) is 0. The fourth-order valence-corrected chi connectivity index (χ4v) is 3.52. The number of nitrogens with zero attached hydrogens (tertiary/aromatic N) is 1. The number of nitrogens with two attached hydrogens (primary N) is 2. The number of rotatable bonds is 7. The van der Waals surface area contributed by atoms with Gasteiger partial charge in [-0.1, -0.05) is 30.3 Å². The summed E-state index contributed by atoms with van der Waals surface area (Å²) in [5.41, 5.74) is 11.5. The standard InChI is InChI=1S/C24H21N5O2S/c25-23-22(29-26)14-13-21(28-23)16-5-4-6-17(15-16)24(30)27-18-9-11-19(12-10-18)31-32-20-7-2-1-3-8-20/h1-15,29H,26H2,(H2,25,28)(H,27,30). The number of hydrazine groups is 1. The van der Waals surface area contributed by atoms with Crippen molar-refractivity contribution in [1.82, 2.24) is 4.98 Å². The van der Waals surface area contributed by atoms with Crippen molar-refractivity contribution >= 4 is 35.1 Å². The molecule has 0 atom stereocenters. The summed E-state index contributed by atoms with van der Waals surface area (Å²) in [6.07, 6.45) is 0. The molecular weight excluding hydrogens is 422 g/mol. The molecule has 0 aliphatic carbocycles. The number of hydrogen-bond donors (Lipinski definition) is 4. The highest BCUT2D eigenvalue weighted by atomic mass is 32.2. The van der Waals surface area contributed by atoms with E-state index >= 15 is 0 Å². The first-order valence-electron chi connectivity index (χ1n) is 9.77. The molecule has 0 fully saturated rings. The summed E-state index contributed by atoms with van der Waals surface area (Å²) in [5.74, 6) is 6.15. The van der Waals surface area contributed by atoms with Crippen LogP contribution >= 0.6 is 12.0 Å². The van der Waals surface area contributed by atoms with Gasteiger partial charge in [0, 0.05) is 21.7 Å². The Hall–Kier alpha value is -4.01. The lowest BCUT2D eigenvalue weighted by atomic mass is 10.1. The van der Waals surface area contributed by atoms with Crippen LogP contribution in [0, 0.1) is 0 Å². The molecule has 0 saturated carbocycles. The van der Waals surface area contributed by atoms with Crippen molar-refractivity contribution < 1.29 is 8.98 Å². The maximum absolute atomic E-state index is 12.7. The summed E-state index contributed by atoms with van der Waals surface area (Å²) >= 11 is 1.28. The number of hydrogen-bond acceptors (Lipinski definition) is 7. The quantitative estimate of drug-likeness (QED) is 0.181. The number of carbonyl (C=O) groups excluding carboxylic acids is 1. The highest BCUT2D eigenvalue weighted by Gasteiger charge is 2.10. The number of anilines is 3. The molecule has 0 unspecified atom stereocenters. The van der Waals surface area contributed by atoms with Crippen molar-refractivity contribution in [2.24, 2.45) is 5.84 Å². The third-order valence-corrected chi connectivity index (χ3v) is 5.33. The van der Waals surface area contributed by atoms with Crippen molar-refractivity contribution in [3.63, 3.8) is 0 Å². The molecule has 1 amide bonds. The van der Waals surface area contributed by atoms with Gasteiger partial charge < -0.3 is 20.7 Å². The van der Waals surface area contributed by atoms with Gasteiger partial charge in [-0.2, -0.15) is 0 Å². The predicted molar refractivity (Wildman–Crippen MR) is 129 cm³/mol. The Balaban J connectivity index is 1.41. The summed E-state index contributed by atoms with van der Waals surface area (Å²) in [6, 6.07) is 27.7. The lowest BCUT2D eigenvalue weighted by Crippen LogP contribution is -2.12. The molecule has 32 heavy (non-hydrogen) atoms. The van der Waals surface area contributed by atoms with Crippen LogP contribution in [-0.4, -0.2) is 10.9 Å². The number of aromatic nitrogens is 1. The average molecular weight is 444 g/mol. The third kappa shape index (κ3) is 5.18. The number of benzene rings is 3. The van der Waals surface area contributed by atoms with Gasteiger partial charge in [0.05, 0.1) is 23.4 Å². The molecule has 8 heteroatoms. The van der Waals surface area contributed by atoms with E-state index in [1.54, 1.807) is 42.5 Å². The van der Waals surface area contributed by atoms with Gasteiger partial charge >= 0.3 is 0 Å². The average Bonchev–Trinajstić information content (AvgIpc) is 2.84. The van der Waals surface area contributed by atoms with Gasteiger partial charge in [-0.3, -0.25) is 10.6 Å². The third-order valence-electron chi connectivity index (χ3n) is 4.59. The smallest absolute Gasteiger partial charge is 0.255 e. The molecule has 3 aromatic carbocycles. The summed E-state index contributed by atoms with van der Waals surface area (Å²) < 4.78 is 5.70. The predicted octanol–water partition coefficient (Wildman–Crippen LogP) is 4.95. The van der Waals surface area contributed by atoms with E-state index in [2.05, 4.69) is 15.7 Å². The van der Waals surface area contributed by atoms with E-state index in [-0.39, 0.29) is 11.7 Å². The molecule has 0 aliphatic heterocycles. The molecule has 0 bridgehead atoms. The SMILES string of the molecule is NNc1ccc(-c2cccc(C(=O)Nc3ccc(OSc4ccccc4)cc3)c2)nc1N. The van der Waals surface area contributed by atoms with Gasteiger partial charge in [0.25, 0.3) is 5.91 Å². The molecule has 0 radical (unpaired) electrons.